The predicted molar refractivity (Wildman–Crippen MR) is 82.9 cm³/mol. The molecule has 0 saturated heterocycles. The van der Waals surface area contributed by atoms with Crippen molar-refractivity contribution in [2.75, 3.05) is 5.73 Å². The largest absolute Gasteiger partial charge is 0.437 e. The maximum atomic E-state index is 5.82. The highest BCUT2D eigenvalue weighted by Gasteiger charge is 2.09. The van der Waals surface area contributed by atoms with Gasteiger partial charge in [0.15, 0.2) is 0 Å². The van der Waals surface area contributed by atoms with E-state index in [1.165, 1.54) is 0 Å². The predicted octanol–water partition coefficient (Wildman–Crippen LogP) is 4.08. The van der Waals surface area contributed by atoms with Crippen LogP contribution in [0, 0.1) is 6.92 Å². The van der Waals surface area contributed by atoms with E-state index in [0.717, 1.165) is 20.9 Å². The molecule has 5 heteroatoms. The van der Waals surface area contributed by atoms with Crippen molar-refractivity contribution in [2.45, 2.75) is 6.92 Å². The van der Waals surface area contributed by atoms with Crippen LogP contribution in [0.3, 0.4) is 0 Å². The number of anilines is 1. The molecule has 1 aromatic heterocycles. The lowest BCUT2D eigenvalue weighted by Gasteiger charge is -2.09. The molecule has 0 atom stereocenters. The van der Waals surface area contributed by atoms with Gasteiger partial charge in [0.25, 0.3) is 0 Å². The third-order valence-electron chi connectivity index (χ3n) is 2.95. The Balaban J connectivity index is 2.09. The molecule has 0 aliphatic heterocycles. The molecule has 3 aromatic rings. The van der Waals surface area contributed by atoms with E-state index >= 15 is 0 Å². The van der Waals surface area contributed by atoms with Gasteiger partial charge in [-0.2, -0.15) is 5.10 Å². The number of aromatic nitrogens is 2. The maximum Gasteiger partial charge on any atom is 0.246 e. The van der Waals surface area contributed by atoms with Gasteiger partial charge < -0.3 is 10.5 Å². The van der Waals surface area contributed by atoms with E-state index in [0.29, 0.717) is 17.3 Å². The first kappa shape index (κ1) is 12.9. The fourth-order valence-corrected chi connectivity index (χ4v) is 2.53. The van der Waals surface area contributed by atoms with E-state index in [2.05, 4.69) is 26.1 Å². The topological polar surface area (TPSA) is 61.0 Å². The fourth-order valence-electron chi connectivity index (χ4n) is 2.04. The Bertz CT molecular complexity index is 769. The molecule has 2 N–H and O–H groups in total. The minimum absolute atomic E-state index is 0.476. The first-order valence-electron chi connectivity index (χ1n) is 6.09. The smallest absolute Gasteiger partial charge is 0.246 e. The summed E-state index contributed by atoms with van der Waals surface area (Å²) in [5.74, 6) is 1.10. The van der Waals surface area contributed by atoms with Crippen LogP contribution in [0.4, 0.5) is 5.69 Å². The zero-order chi connectivity index (χ0) is 14.1. The Kier molecular flexibility index (Phi) is 3.28. The molecule has 0 radical (unpaired) electrons. The van der Waals surface area contributed by atoms with E-state index in [1.54, 1.807) is 6.07 Å². The van der Waals surface area contributed by atoms with Crippen molar-refractivity contribution < 1.29 is 4.74 Å². The summed E-state index contributed by atoms with van der Waals surface area (Å²) in [6.45, 7) is 1.93. The van der Waals surface area contributed by atoms with Gasteiger partial charge in [-0.3, -0.25) is 0 Å². The normalized spacial score (nSPS) is 10.7. The molecule has 20 heavy (non-hydrogen) atoms. The standard InChI is InChI=1S/C15H12BrN3O/c1-9-13-4-2-3-5-14(13)15(19-18-9)20-12-7-10(16)6-11(17)8-12/h2-8H,17H2,1H3. The van der Waals surface area contributed by atoms with Crippen molar-refractivity contribution in [3.63, 3.8) is 0 Å². The molecular formula is C15H12BrN3O. The number of halogens is 1. The summed E-state index contributed by atoms with van der Waals surface area (Å²) in [7, 11) is 0. The number of hydrogen-bond donors (Lipinski definition) is 1. The summed E-state index contributed by atoms with van der Waals surface area (Å²) in [5.41, 5.74) is 7.30. The molecule has 0 aliphatic rings. The second-order valence-corrected chi connectivity index (χ2v) is 5.37. The number of aryl methyl sites for hydroxylation is 1. The summed E-state index contributed by atoms with van der Waals surface area (Å²) in [6.07, 6.45) is 0. The number of ether oxygens (including phenoxy) is 1. The number of fused-ring (bicyclic) bond motifs is 1. The average Bonchev–Trinajstić information content (AvgIpc) is 2.41. The van der Waals surface area contributed by atoms with Crippen LogP contribution in [0.2, 0.25) is 0 Å². The van der Waals surface area contributed by atoms with E-state index in [-0.39, 0.29) is 0 Å². The van der Waals surface area contributed by atoms with Gasteiger partial charge in [0, 0.05) is 27.0 Å². The highest BCUT2D eigenvalue weighted by Crippen LogP contribution is 2.31. The van der Waals surface area contributed by atoms with Crippen molar-refractivity contribution >= 4 is 32.4 Å². The SMILES string of the molecule is Cc1nnc(Oc2cc(N)cc(Br)c2)c2ccccc12. The Hall–Kier alpha value is -2.14. The van der Waals surface area contributed by atoms with Gasteiger partial charge in [-0.05, 0) is 25.1 Å². The highest BCUT2D eigenvalue weighted by atomic mass is 79.9. The molecule has 3 rings (SSSR count). The number of nitrogens with zero attached hydrogens (tertiary/aromatic N) is 2. The van der Waals surface area contributed by atoms with Crippen LogP contribution in [-0.4, -0.2) is 10.2 Å². The van der Waals surface area contributed by atoms with Crippen LogP contribution in [-0.2, 0) is 0 Å². The molecule has 2 aromatic carbocycles. The molecule has 1 heterocycles. The van der Waals surface area contributed by atoms with Crippen molar-refractivity contribution in [2.24, 2.45) is 0 Å². The van der Waals surface area contributed by atoms with Gasteiger partial charge in [-0.1, -0.05) is 34.1 Å². The lowest BCUT2D eigenvalue weighted by molar-refractivity contribution is 0.461. The van der Waals surface area contributed by atoms with Crippen molar-refractivity contribution in [1.29, 1.82) is 0 Å². The summed E-state index contributed by atoms with van der Waals surface area (Å²) >= 11 is 3.39. The molecule has 0 amide bonds. The summed E-state index contributed by atoms with van der Waals surface area (Å²) in [6, 6.07) is 13.3. The van der Waals surface area contributed by atoms with E-state index < -0.39 is 0 Å². The zero-order valence-electron chi connectivity index (χ0n) is 10.8. The molecule has 0 fully saturated rings. The van der Waals surface area contributed by atoms with Gasteiger partial charge >= 0.3 is 0 Å². The molecule has 100 valence electrons. The molecule has 0 unspecified atom stereocenters. The minimum Gasteiger partial charge on any atom is -0.437 e. The molecular weight excluding hydrogens is 318 g/mol. The van der Waals surface area contributed by atoms with Gasteiger partial charge in [0.05, 0.1) is 5.69 Å². The minimum atomic E-state index is 0.476. The highest BCUT2D eigenvalue weighted by molar-refractivity contribution is 9.10. The number of nitrogens with two attached hydrogens (primary N) is 1. The Morgan fingerprint density at radius 1 is 1.05 bits per heavy atom. The van der Waals surface area contributed by atoms with Gasteiger partial charge in [-0.25, -0.2) is 0 Å². The second-order valence-electron chi connectivity index (χ2n) is 4.46. The summed E-state index contributed by atoms with van der Waals surface area (Å²) in [5, 5.41) is 10.2. The molecule has 0 saturated carbocycles. The van der Waals surface area contributed by atoms with Crippen molar-refractivity contribution in [3.8, 4) is 11.6 Å². The van der Waals surface area contributed by atoms with E-state index in [1.807, 2.05) is 43.3 Å². The molecule has 0 bridgehead atoms. The van der Waals surface area contributed by atoms with Gasteiger partial charge in [0.1, 0.15) is 5.75 Å². The quantitative estimate of drug-likeness (QED) is 0.720. The zero-order valence-corrected chi connectivity index (χ0v) is 12.4. The third-order valence-corrected chi connectivity index (χ3v) is 3.40. The summed E-state index contributed by atoms with van der Waals surface area (Å²) in [4.78, 5) is 0. The van der Waals surface area contributed by atoms with Crippen molar-refractivity contribution in [1.82, 2.24) is 10.2 Å². The van der Waals surface area contributed by atoms with Gasteiger partial charge in [-0.15, -0.1) is 5.10 Å². The van der Waals surface area contributed by atoms with Gasteiger partial charge in [0.2, 0.25) is 5.88 Å². The van der Waals surface area contributed by atoms with Crippen LogP contribution in [0.25, 0.3) is 10.8 Å². The maximum absolute atomic E-state index is 5.82. The van der Waals surface area contributed by atoms with Crippen LogP contribution >= 0.6 is 15.9 Å². The van der Waals surface area contributed by atoms with Crippen LogP contribution in [0.5, 0.6) is 11.6 Å². The Morgan fingerprint density at radius 2 is 1.80 bits per heavy atom. The van der Waals surface area contributed by atoms with Crippen LogP contribution in [0.15, 0.2) is 46.9 Å². The Morgan fingerprint density at radius 3 is 2.55 bits per heavy atom. The molecule has 0 spiro atoms. The first-order valence-corrected chi connectivity index (χ1v) is 6.89. The average molecular weight is 330 g/mol. The number of nitrogen functional groups attached to an aromatic ring is 1. The molecule has 0 aliphatic carbocycles. The van der Waals surface area contributed by atoms with Crippen molar-refractivity contribution in [3.05, 3.63) is 52.6 Å². The second kappa shape index (κ2) is 5.09. The fraction of sp³-hybridized carbons (Fsp3) is 0.0667. The monoisotopic (exact) mass is 329 g/mol. The van der Waals surface area contributed by atoms with Crippen LogP contribution < -0.4 is 10.5 Å². The lowest BCUT2D eigenvalue weighted by atomic mass is 10.1. The number of benzene rings is 2. The third kappa shape index (κ3) is 2.44. The lowest BCUT2D eigenvalue weighted by Crippen LogP contribution is -1.96. The van der Waals surface area contributed by atoms with Crippen LogP contribution in [0.1, 0.15) is 5.69 Å². The first-order chi connectivity index (χ1) is 9.63. The summed E-state index contributed by atoms with van der Waals surface area (Å²) < 4.78 is 6.68. The van der Waals surface area contributed by atoms with E-state index in [4.69, 9.17) is 10.5 Å². The Labute approximate surface area is 124 Å². The molecule has 4 nitrogen and oxygen atoms in total. The van der Waals surface area contributed by atoms with E-state index in [9.17, 15) is 0 Å². The number of rotatable bonds is 2. The number of hydrogen-bond acceptors (Lipinski definition) is 4.